The van der Waals surface area contributed by atoms with Gasteiger partial charge in [0.2, 0.25) is 5.91 Å². The van der Waals surface area contributed by atoms with Crippen LogP contribution in [-0.4, -0.2) is 40.8 Å². The highest BCUT2D eigenvalue weighted by Gasteiger charge is 2.10. The molecule has 0 unspecified atom stereocenters. The minimum absolute atomic E-state index is 0.0774. The molecule has 0 bridgehead atoms. The third-order valence-corrected chi connectivity index (χ3v) is 2.20. The maximum Gasteiger partial charge on any atom is 0.244 e. The Hall–Kier alpha value is -2.03. The van der Waals surface area contributed by atoms with Crippen molar-refractivity contribution in [3.8, 4) is 11.8 Å². The quantitative estimate of drug-likeness (QED) is 0.727. The van der Waals surface area contributed by atoms with Gasteiger partial charge in [0.05, 0.1) is 31.5 Å². The highest BCUT2D eigenvalue weighted by molar-refractivity contribution is 5.75. The van der Waals surface area contributed by atoms with E-state index in [9.17, 15) is 4.79 Å². The van der Waals surface area contributed by atoms with Crippen LogP contribution in [-0.2, 0) is 11.3 Å². The van der Waals surface area contributed by atoms with Crippen molar-refractivity contribution < 1.29 is 9.53 Å². The number of hydrogen-bond acceptors (Lipinski definition) is 4. The standard InChI is InChI=1S/C11H16N4O2/c1-3-17-10-7-13-15(8-10)9-11(16)14(2)6-4-5-12/h7-8H,3-4,6,9H2,1-2H3. The second-order valence-electron chi connectivity index (χ2n) is 3.53. The zero-order valence-electron chi connectivity index (χ0n) is 10.1. The minimum Gasteiger partial charge on any atom is -0.491 e. The number of carbonyl (C=O) groups is 1. The summed E-state index contributed by atoms with van der Waals surface area (Å²) in [6.45, 7) is 3.06. The lowest BCUT2D eigenvalue weighted by atomic mass is 10.4. The highest BCUT2D eigenvalue weighted by Crippen LogP contribution is 2.07. The monoisotopic (exact) mass is 236 g/mol. The Kier molecular flexibility index (Phi) is 5.01. The third kappa shape index (κ3) is 4.15. The number of rotatable bonds is 6. The summed E-state index contributed by atoms with van der Waals surface area (Å²) in [6, 6.07) is 2.00. The number of amides is 1. The summed E-state index contributed by atoms with van der Waals surface area (Å²) in [5.41, 5.74) is 0. The molecule has 0 spiro atoms. The second kappa shape index (κ2) is 6.53. The van der Waals surface area contributed by atoms with Gasteiger partial charge >= 0.3 is 0 Å². The summed E-state index contributed by atoms with van der Waals surface area (Å²) < 4.78 is 6.77. The Balaban J connectivity index is 2.47. The fourth-order valence-electron chi connectivity index (χ4n) is 1.27. The van der Waals surface area contributed by atoms with E-state index in [1.54, 1.807) is 19.4 Å². The van der Waals surface area contributed by atoms with E-state index in [1.807, 2.05) is 13.0 Å². The van der Waals surface area contributed by atoms with Crippen LogP contribution >= 0.6 is 0 Å². The van der Waals surface area contributed by atoms with Crippen LogP contribution in [0.25, 0.3) is 0 Å². The van der Waals surface area contributed by atoms with Gasteiger partial charge in [0, 0.05) is 13.6 Å². The molecule has 6 nitrogen and oxygen atoms in total. The van der Waals surface area contributed by atoms with Crippen molar-refractivity contribution in [1.82, 2.24) is 14.7 Å². The molecule has 17 heavy (non-hydrogen) atoms. The van der Waals surface area contributed by atoms with Gasteiger partial charge in [-0.25, -0.2) is 0 Å². The number of likely N-dealkylation sites (N-methyl/N-ethyl adjacent to an activating group) is 1. The zero-order chi connectivity index (χ0) is 12.7. The van der Waals surface area contributed by atoms with Crippen molar-refractivity contribution in [2.45, 2.75) is 19.9 Å². The minimum atomic E-state index is -0.0774. The van der Waals surface area contributed by atoms with Gasteiger partial charge in [-0.15, -0.1) is 0 Å². The summed E-state index contributed by atoms with van der Waals surface area (Å²) in [5, 5.41) is 12.4. The lowest BCUT2D eigenvalue weighted by Crippen LogP contribution is -2.31. The molecule has 1 rings (SSSR count). The summed E-state index contributed by atoms with van der Waals surface area (Å²) in [5.74, 6) is 0.575. The van der Waals surface area contributed by atoms with Gasteiger partial charge in [0.1, 0.15) is 6.54 Å². The van der Waals surface area contributed by atoms with Crippen LogP contribution in [0.1, 0.15) is 13.3 Å². The molecule has 92 valence electrons. The Labute approximate surface area is 100 Å². The molecule has 0 aliphatic heterocycles. The second-order valence-corrected chi connectivity index (χ2v) is 3.53. The summed E-state index contributed by atoms with van der Waals surface area (Å²) in [6.07, 6.45) is 3.59. The molecular formula is C11H16N4O2. The van der Waals surface area contributed by atoms with E-state index in [4.69, 9.17) is 10.00 Å². The lowest BCUT2D eigenvalue weighted by Gasteiger charge is -2.14. The van der Waals surface area contributed by atoms with Gasteiger partial charge in [0.25, 0.3) is 0 Å². The van der Waals surface area contributed by atoms with Crippen LogP contribution in [0.4, 0.5) is 0 Å². The molecule has 1 aromatic rings. The number of hydrogen-bond donors (Lipinski definition) is 0. The largest absolute Gasteiger partial charge is 0.491 e. The van der Waals surface area contributed by atoms with Gasteiger partial charge < -0.3 is 9.64 Å². The van der Waals surface area contributed by atoms with Crippen LogP contribution in [0.5, 0.6) is 5.75 Å². The number of aromatic nitrogens is 2. The molecule has 1 amide bonds. The average molecular weight is 236 g/mol. The number of nitriles is 1. The first-order chi connectivity index (χ1) is 8.17. The van der Waals surface area contributed by atoms with Crippen LogP contribution in [0.2, 0.25) is 0 Å². The van der Waals surface area contributed by atoms with Crippen molar-refractivity contribution in [2.75, 3.05) is 20.2 Å². The topological polar surface area (TPSA) is 71.2 Å². The van der Waals surface area contributed by atoms with Gasteiger partial charge in [-0.2, -0.15) is 10.4 Å². The Bertz CT molecular complexity index is 408. The van der Waals surface area contributed by atoms with E-state index in [1.165, 1.54) is 9.58 Å². The van der Waals surface area contributed by atoms with E-state index in [0.717, 1.165) is 0 Å². The van der Waals surface area contributed by atoms with Crippen molar-refractivity contribution in [1.29, 1.82) is 5.26 Å². The fourth-order valence-corrected chi connectivity index (χ4v) is 1.27. The van der Waals surface area contributed by atoms with Gasteiger partial charge in [0.15, 0.2) is 5.75 Å². The van der Waals surface area contributed by atoms with Crippen LogP contribution in [0.15, 0.2) is 12.4 Å². The molecule has 6 heteroatoms. The van der Waals surface area contributed by atoms with Gasteiger partial charge in [-0.05, 0) is 6.92 Å². The predicted molar refractivity (Wildman–Crippen MR) is 61.3 cm³/mol. The van der Waals surface area contributed by atoms with Crippen molar-refractivity contribution in [2.24, 2.45) is 0 Å². The van der Waals surface area contributed by atoms with Gasteiger partial charge in [-0.3, -0.25) is 9.48 Å². The summed E-state index contributed by atoms with van der Waals surface area (Å²) >= 11 is 0. The Morgan fingerprint density at radius 3 is 3.12 bits per heavy atom. The first-order valence-corrected chi connectivity index (χ1v) is 5.43. The molecule has 0 saturated heterocycles. The third-order valence-electron chi connectivity index (χ3n) is 2.20. The van der Waals surface area contributed by atoms with E-state index in [-0.39, 0.29) is 12.5 Å². The lowest BCUT2D eigenvalue weighted by molar-refractivity contribution is -0.130. The molecule has 0 atom stereocenters. The first kappa shape index (κ1) is 13.0. The molecule has 1 heterocycles. The number of nitrogens with zero attached hydrogens (tertiary/aromatic N) is 4. The molecule has 0 saturated carbocycles. The molecule has 0 radical (unpaired) electrons. The first-order valence-electron chi connectivity index (χ1n) is 5.43. The molecular weight excluding hydrogens is 220 g/mol. The molecule has 0 N–H and O–H groups in total. The maximum atomic E-state index is 11.7. The molecule has 0 aliphatic rings. The highest BCUT2D eigenvalue weighted by atomic mass is 16.5. The van der Waals surface area contributed by atoms with Gasteiger partial charge in [-0.1, -0.05) is 0 Å². The Morgan fingerprint density at radius 1 is 1.71 bits per heavy atom. The SMILES string of the molecule is CCOc1cnn(CC(=O)N(C)CCC#N)c1. The van der Waals surface area contributed by atoms with Crippen molar-refractivity contribution in [3.05, 3.63) is 12.4 Å². The molecule has 0 aromatic carbocycles. The summed E-state index contributed by atoms with van der Waals surface area (Å²) in [7, 11) is 1.67. The van der Waals surface area contributed by atoms with E-state index >= 15 is 0 Å². The molecule has 0 fully saturated rings. The average Bonchev–Trinajstić information content (AvgIpc) is 2.74. The van der Waals surface area contributed by atoms with Crippen molar-refractivity contribution >= 4 is 5.91 Å². The smallest absolute Gasteiger partial charge is 0.244 e. The van der Waals surface area contributed by atoms with Crippen LogP contribution < -0.4 is 4.74 Å². The van der Waals surface area contributed by atoms with Crippen LogP contribution in [0.3, 0.4) is 0 Å². The Morgan fingerprint density at radius 2 is 2.47 bits per heavy atom. The van der Waals surface area contributed by atoms with Crippen molar-refractivity contribution in [3.63, 3.8) is 0 Å². The molecule has 0 aliphatic carbocycles. The number of carbonyl (C=O) groups excluding carboxylic acids is 1. The summed E-state index contributed by atoms with van der Waals surface area (Å²) in [4.78, 5) is 13.2. The zero-order valence-corrected chi connectivity index (χ0v) is 10.1. The normalized spacial score (nSPS) is 9.71. The van der Waals surface area contributed by atoms with Crippen LogP contribution in [0, 0.1) is 11.3 Å². The van der Waals surface area contributed by atoms with E-state index < -0.39 is 0 Å². The van der Waals surface area contributed by atoms with E-state index in [0.29, 0.717) is 25.3 Å². The predicted octanol–water partition coefficient (Wildman–Crippen LogP) is 0.654. The van der Waals surface area contributed by atoms with E-state index in [2.05, 4.69) is 5.10 Å². The molecule has 1 aromatic heterocycles. The number of ether oxygens (including phenoxy) is 1. The fraction of sp³-hybridized carbons (Fsp3) is 0.545. The maximum absolute atomic E-state index is 11.7.